The topological polar surface area (TPSA) is 47.4 Å². The minimum absolute atomic E-state index is 0.176. The zero-order chi connectivity index (χ0) is 15.3. The van der Waals surface area contributed by atoms with Gasteiger partial charge in [0, 0.05) is 24.9 Å². The Hall–Kier alpha value is -2.30. The molecule has 4 rings (SSSR count). The van der Waals surface area contributed by atoms with Gasteiger partial charge in [0.2, 0.25) is 5.91 Å². The van der Waals surface area contributed by atoms with Gasteiger partial charge in [0.05, 0.1) is 30.7 Å². The lowest BCUT2D eigenvalue weighted by Crippen LogP contribution is -2.40. The molecule has 5 nitrogen and oxygen atoms in total. The lowest BCUT2D eigenvalue weighted by molar-refractivity contribution is -0.132. The number of hydrogen-bond acceptors (Lipinski definition) is 3. The maximum Gasteiger partial charge on any atom is 0.220 e. The van der Waals surface area contributed by atoms with Crippen LogP contribution in [-0.2, 0) is 11.2 Å². The first-order chi connectivity index (χ1) is 10.7. The highest BCUT2D eigenvalue weighted by atomic mass is 16.5. The van der Waals surface area contributed by atoms with Crippen LogP contribution < -0.4 is 4.74 Å². The number of aromatic nitrogens is 2. The average Bonchev–Trinajstić information content (AvgIpc) is 3.09. The number of carbonyl (C=O) groups is 1. The van der Waals surface area contributed by atoms with Gasteiger partial charge in [-0.15, -0.1) is 0 Å². The molecule has 0 N–H and O–H groups in total. The number of ether oxygens (including phenoxy) is 1. The van der Waals surface area contributed by atoms with Gasteiger partial charge in [-0.25, -0.2) is 4.68 Å². The molecular formula is C17H19N3O2. The summed E-state index contributed by atoms with van der Waals surface area (Å²) in [7, 11) is 1.67. The first-order valence-corrected chi connectivity index (χ1v) is 7.69. The molecule has 114 valence electrons. The van der Waals surface area contributed by atoms with Crippen LogP contribution in [0.5, 0.6) is 5.75 Å². The quantitative estimate of drug-likeness (QED) is 0.855. The lowest BCUT2D eigenvalue weighted by atomic mass is 10.00. The first kappa shape index (κ1) is 13.4. The molecule has 2 atom stereocenters. The molecule has 0 spiro atoms. The summed E-state index contributed by atoms with van der Waals surface area (Å²) in [6.07, 6.45) is 4.95. The van der Waals surface area contributed by atoms with Crippen molar-refractivity contribution in [2.45, 2.75) is 38.3 Å². The minimum atomic E-state index is 0.176. The normalized spacial score (nSPS) is 22.5. The highest BCUT2D eigenvalue weighted by Crippen LogP contribution is 2.44. The van der Waals surface area contributed by atoms with E-state index in [0.717, 1.165) is 30.7 Å². The second-order valence-corrected chi connectivity index (χ2v) is 6.03. The molecule has 3 heterocycles. The second kappa shape index (κ2) is 4.87. The Bertz CT molecular complexity index is 720. The molecule has 2 aliphatic heterocycles. The molecule has 1 aromatic heterocycles. The Morgan fingerprint density at radius 2 is 2.05 bits per heavy atom. The summed E-state index contributed by atoms with van der Waals surface area (Å²) in [5.74, 6) is 1.02. The van der Waals surface area contributed by atoms with Crippen molar-refractivity contribution in [3.05, 3.63) is 41.7 Å². The third-order valence-electron chi connectivity index (χ3n) is 4.87. The molecule has 1 fully saturated rings. The molecule has 1 amide bonds. The molecule has 0 saturated carbocycles. The fourth-order valence-corrected chi connectivity index (χ4v) is 3.90. The van der Waals surface area contributed by atoms with Crippen LogP contribution >= 0.6 is 0 Å². The minimum Gasteiger partial charge on any atom is -0.497 e. The van der Waals surface area contributed by atoms with Gasteiger partial charge in [-0.05, 0) is 37.1 Å². The third kappa shape index (κ3) is 1.85. The molecule has 22 heavy (non-hydrogen) atoms. The van der Waals surface area contributed by atoms with E-state index in [9.17, 15) is 4.79 Å². The van der Waals surface area contributed by atoms with Gasteiger partial charge in [0.15, 0.2) is 0 Å². The second-order valence-electron chi connectivity index (χ2n) is 6.03. The molecular weight excluding hydrogens is 278 g/mol. The first-order valence-electron chi connectivity index (χ1n) is 7.69. The van der Waals surface area contributed by atoms with E-state index in [2.05, 4.69) is 5.10 Å². The number of fused-ring (bicyclic) bond motifs is 4. The number of hydrogen-bond donors (Lipinski definition) is 0. The van der Waals surface area contributed by atoms with Crippen molar-refractivity contribution in [2.75, 3.05) is 7.11 Å². The monoisotopic (exact) mass is 297 g/mol. The molecule has 0 aliphatic carbocycles. The van der Waals surface area contributed by atoms with Gasteiger partial charge in [-0.2, -0.15) is 5.10 Å². The highest BCUT2D eigenvalue weighted by Gasteiger charge is 2.43. The molecule has 2 aliphatic rings. The Morgan fingerprint density at radius 3 is 2.73 bits per heavy atom. The number of rotatable bonds is 2. The van der Waals surface area contributed by atoms with Gasteiger partial charge in [0.25, 0.3) is 0 Å². The van der Waals surface area contributed by atoms with Crippen molar-refractivity contribution in [2.24, 2.45) is 0 Å². The molecule has 2 unspecified atom stereocenters. The van der Waals surface area contributed by atoms with Gasteiger partial charge in [-0.3, -0.25) is 4.79 Å². The van der Waals surface area contributed by atoms with E-state index in [1.54, 1.807) is 14.0 Å². The van der Waals surface area contributed by atoms with Crippen molar-refractivity contribution in [1.82, 2.24) is 14.7 Å². The summed E-state index contributed by atoms with van der Waals surface area (Å²) in [6, 6.07) is 8.46. The van der Waals surface area contributed by atoms with Crippen molar-refractivity contribution < 1.29 is 9.53 Å². The molecule has 1 saturated heterocycles. The van der Waals surface area contributed by atoms with Crippen molar-refractivity contribution >= 4 is 5.91 Å². The van der Waals surface area contributed by atoms with E-state index < -0.39 is 0 Å². The maximum absolute atomic E-state index is 11.9. The van der Waals surface area contributed by atoms with Crippen molar-refractivity contribution in [3.63, 3.8) is 0 Å². The van der Waals surface area contributed by atoms with E-state index in [-0.39, 0.29) is 11.9 Å². The summed E-state index contributed by atoms with van der Waals surface area (Å²) in [6.45, 7) is 1.67. The summed E-state index contributed by atoms with van der Waals surface area (Å²) in [5, 5.41) is 4.57. The predicted octanol–water partition coefficient (Wildman–Crippen LogP) is 2.49. The average molecular weight is 297 g/mol. The van der Waals surface area contributed by atoms with E-state index in [0.29, 0.717) is 6.04 Å². The zero-order valence-corrected chi connectivity index (χ0v) is 12.8. The lowest BCUT2D eigenvalue weighted by Gasteiger charge is -2.34. The Labute approximate surface area is 129 Å². The molecule has 2 aromatic rings. The molecule has 5 heteroatoms. The molecule has 1 aromatic carbocycles. The molecule has 0 radical (unpaired) electrons. The van der Waals surface area contributed by atoms with Crippen LogP contribution in [0.15, 0.2) is 30.5 Å². The van der Waals surface area contributed by atoms with Gasteiger partial charge >= 0.3 is 0 Å². The smallest absolute Gasteiger partial charge is 0.220 e. The zero-order valence-electron chi connectivity index (χ0n) is 12.8. The van der Waals surface area contributed by atoms with Gasteiger partial charge in [-0.1, -0.05) is 0 Å². The summed E-state index contributed by atoms with van der Waals surface area (Å²) >= 11 is 0. The van der Waals surface area contributed by atoms with Crippen LogP contribution in [0.2, 0.25) is 0 Å². The standard InChI is InChI=1S/C17H19N3O2/c1-11(21)19-13-5-8-16(19)15-10-18-20(17(15)9-13)12-3-6-14(22-2)7-4-12/h3-4,6-7,10,13,16H,5,8-9H2,1-2H3. The third-order valence-corrected chi connectivity index (χ3v) is 4.87. The van der Waals surface area contributed by atoms with Crippen molar-refractivity contribution in [1.29, 1.82) is 0 Å². The van der Waals surface area contributed by atoms with Gasteiger partial charge < -0.3 is 9.64 Å². The van der Waals surface area contributed by atoms with E-state index in [4.69, 9.17) is 4.74 Å². The Balaban J connectivity index is 1.74. The molecule has 2 bridgehead atoms. The van der Waals surface area contributed by atoms with E-state index in [1.165, 1.54) is 11.3 Å². The van der Waals surface area contributed by atoms with E-state index >= 15 is 0 Å². The van der Waals surface area contributed by atoms with Crippen LogP contribution in [-0.4, -0.2) is 33.7 Å². The maximum atomic E-state index is 11.9. The van der Waals surface area contributed by atoms with Crippen LogP contribution in [0.25, 0.3) is 5.69 Å². The number of amides is 1. The van der Waals surface area contributed by atoms with Crippen molar-refractivity contribution in [3.8, 4) is 11.4 Å². The Kier molecular flexibility index (Phi) is 2.96. The fraction of sp³-hybridized carbons (Fsp3) is 0.412. The van der Waals surface area contributed by atoms with Crippen LogP contribution in [0.4, 0.5) is 0 Å². The van der Waals surface area contributed by atoms with Crippen LogP contribution in [0.3, 0.4) is 0 Å². The predicted molar refractivity (Wildman–Crippen MR) is 82.1 cm³/mol. The number of nitrogens with zero attached hydrogens (tertiary/aromatic N) is 3. The highest BCUT2D eigenvalue weighted by molar-refractivity contribution is 5.75. The summed E-state index contributed by atoms with van der Waals surface area (Å²) in [5.41, 5.74) is 3.49. The number of carbonyl (C=O) groups excluding carboxylic acids is 1. The van der Waals surface area contributed by atoms with Gasteiger partial charge in [0.1, 0.15) is 5.75 Å². The SMILES string of the molecule is COc1ccc(-n2ncc3c2CC2CCC3N2C(C)=O)cc1. The van der Waals surface area contributed by atoms with Crippen LogP contribution in [0.1, 0.15) is 37.1 Å². The largest absolute Gasteiger partial charge is 0.497 e. The summed E-state index contributed by atoms with van der Waals surface area (Å²) in [4.78, 5) is 13.9. The number of benzene rings is 1. The Morgan fingerprint density at radius 1 is 1.27 bits per heavy atom. The van der Waals surface area contributed by atoms with E-state index in [1.807, 2.05) is 40.0 Å². The fourth-order valence-electron chi connectivity index (χ4n) is 3.90. The number of methoxy groups -OCH3 is 1. The summed E-state index contributed by atoms with van der Waals surface area (Å²) < 4.78 is 7.22. The van der Waals surface area contributed by atoms with Crippen LogP contribution in [0, 0.1) is 0 Å².